The summed E-state index contributed by atoms with van der Waals surface area (Å²) in [5.74, 6) is 2.55. The summed E-state index contributed by atoms with van der Waals surface area (Å²) in [5.41, 5.74) is 0.774. The molecule has 3 nitrogen and oxygen atoms in total. The van der Waals surface area contributed by atoms with Crippen LogP contribution in [0.1, 0.15) is 58.6 Å². The zero-order valence-corrected chi connectivity index (χ0v) is 13.6. The molecule has 1 aromatic rings. The van der Waals surface area contributed by atoms with Crippen molar-refractivity contribution in [3.05, 3.63) is 23.8 Å². The van der Waals surface area contributed by atoms with Crippen molar-refractivity contribution in [1.29, 1.82) is 0 Å². The maximum atomic E-state index is 10.0. The molecule has 3 heteroatoms. The van der Waals surface area contributed by atoms with E-state index in [2.05, 4.69) is 33.0 Å². The number of benzene rings is 1. The van der Waals surface area contributed by atoms with Crippen LogP contribution in [0.2, 0.25) is 0 Å². The highest BCUT2D eigenvalue weighted by atomic mass is 16.3. The average Bonchev–Trinajstić information content (AvgIpc) is 2.41. The van der Waals surface area contributed by atoms with Gasteiger partial charge in [0.25, 0.3) is 0 Å². The molecule has 0 saturated heterocycles. The molecule has 1 aliphatic rings. The fourth-order valence-corrected chi connectivity index (χ4v) is 3.69. The summed E-state index contributed by atoms with van der Waals surface area (Å²) in [6, 6.07) is 5.25. The molecular formula is C18H29NO2. The van der Waals surface area contributed by atoms with Gasteiger partial charge in [-0.15, -0.1) is 0 Å². The molecule has 1 aliphatic carbocycles. The van der Waals surface area contributed by atoms with Crippen LogP contribution in [0.15, 0.2) is 18.2 Å². The Bertz CT molecular complexity index is 472. The highest BCUT2D eigenvalue weighted by Gasteiger charge is 2.31. The highest BCUT2D eigenvalue weighted by Crippen LogP contribution is 2.36. The maximum Gasteiger partial charge on any atom is 0.120 e. The van der Waals surface area contributed by atoms with Crippen molar-refractivity contribution < 1.29 is 10.2 Å². The van der Waals surface area contributed by atoms with Gasteiger partial charge in [-0.2, -0.15) is 0 Å². The van der Waals surface area contributed by atoms with Crippen LogP contribution in [0.4, 0.5) is 0 Å². The first-order valence-corrected chi connectivity index (χ1v) is 8.16. The number of hydrogen-bond acceptors (Lipinski definition) is 3. The minimum Gasteiger partial charge on any atom is -0.508 e. The van der Waals surface area contributed by atoms with E-state index in [1.807, 2.05) is 0 Å². The number of rotatable bonds is 4. The SMILES string of the molecule is CC1CCC(C(C)C)C(NC(C)c2cc(O)ccc2O)C1. The van der Waals surface area contributed by atoms with E-state index in [0.29, 0.717) is 17.9 Å². The molecule has 0 radical (unpaired) electrons. The average molecular weight is 291 g/mol. The van der Waals surface area contributed by atoms with Gasteiger partial charge in [0.15, 0.2) is 0 Å². The molecule has 1 fully saturated rings. The molecule has 0 spiro atoms. The van der Waals surface area contributed by atoms with Crippen molar-refractivity contribution in [2.45, 2.75) is 59.0 Å². The van der Waals surface area contributed by atoms with Gasteiger partial charge < -0.3 is 15.5 Å². The van der Waals surface area contributed by atoms with E-state index in [4.69, 9.17) is 0 Å². The summed E-state index contributed by atoms with van der Waals surface area (Å²) in [4.78, 5) is 0. The largest absolute Gasteiger partial charge is 0.508 e. The molecule has 0 heterocycles. The van der Waals surface area contributed by atoms with Crippen LogP contribution in [0.3, 0.4) is 0 Å². The number of nitrogens with one attached hydrogen (secondary N) is 1. The van der Waals surface area contributed by atoms with E-state index < -0.39 is 0 Å². The van der Waals surface area contributed by atoms with Crippen molar-refractivity contribution in [2.75, 3.05) is 0 Å². The summed E-state index contributed by atoms with van der Waals surface area (Å²) in [5, 5.41) is 23.3. The van der Waals surface area contributed by atoms with E-state index in [1.165, 1.54) is 25.3 Å². The monoisotopic (exact) mass is 291 g/mol. The van der Waals surface area contributed by atoms with Crippen LogP contribution >= 0.6 is 0 Å². The predicted octanol–water partition coefficient (Wildman–Crippen LogP) is 4.21. The third-order valence-corrected chi connectivity index (χ3v) is 4.96. The summed E-state index contributed by atoms with van der Waals surface area (Å²) in [6.07, 6.45) is 3.77. The Morgan fingerprint density at radius 2 is 1.86 bits per heavy atom. The maximum absolute atomic E-state index is 10.0. The topological polar surface area (TPSA) is 52.5 Å². The molecule has 3 N–H and O–H groups in total. The van der Waals surface area contributed by atoms with E-state index in [9.17, 15) is 10.2 Å². The van der Waals surface area contributed by atoms with Gasteiger partial charge in [0.05, 0.1) is 0 Å². The summed E-state index contributed by atoms with van der Waals surface area (Å²) >= 11 is 0. The molecule has 4 atom stereocenters. The van der Waals surface area contributed by atoms with E-state index in [1.54, 1.807) is 12.1 Å². The first-order chi connectivity index (χ1) is 9.88. The molecular weight excluding hydrogens is 262 g/mol. The molecule has 118 valence electrons. The smallest absolute Gasteiger partial charge is 0.120 e. The fourth-order valence-electron chi connectivity index (χ4n) is 3.69. The Labute approximate surface area is 128 Å². The zero-order chi connectivity index (χ0) is 15.6. The summed E-state index contributed by atoms with van der Waals surface area (Å²) in [6.45, 7) is 8.98. The van der Waals surface area contributed by atoms with Gasteiger partial charge in [-0.3, -0.25) is 0 Å². The second kappa shape index (κ2) is 6.69. The molecule has 0 amide bonds. The molecule has 1 saturated carbocycles. The quantitative estimate of drug-likeness (QED) is 0.728. The molecule has 2 rings (SSSR count). The summed E-state index contributed by atoms with van der Waals surface area (Å²) in [7, 11) is 0. The Morgan fingerprint density at radius 1 is 1.14 bits per heavy atom. The Morgan fingerprint density at radius 3 is 2.52 bits per heavy atom. The Hall–Kier alpha value is -1.22. The van der Waals surface area contributed by atoms with Gasteiger partial charge in [-0.05, 0) is 55.7 Å². The summed E-state index contributed by atoms with van der Waals surface area (Å²) < 4.78 is 0. The molecule has 0 bridgehead atoms. The number of aromatic hydroxyl groups is 2. The van der Waals surface area contributed by atoms with Gasteiger partial charge in [-0.25, -0.2) is 0 Å². The van der Waals surface area contributed by atoms with Gasteiger partial charge in [0.1, 0.15) is 11.5 Å². The number of hydrogen-bond donors (Lipinski definition) is 3. The Balaban J connectivity index is 2.12. The second-order valence-electron chi connectivity index (χ2n) is 7.06. The molecule has 0 aliphatic heterocycles. The molecule has 21 heavy (non-hydrogen) atoms. The number of phenols is 2. The lowest BCUT2D eigenvalue weighted by atomic mass is 9.73. The number of phenolic OH excluding ortho intramolecular Hbond substituents is 2. The molecule has 0 aromatic heterocycles. The lowest BCUT2D eigenvalue weighted by molar-refractivity contribution is 0.160. The van der Waals surface area contributed by atoms with Crippen LogP contribution in [0.5, 0.6) is 11.5 Å². The van der Waals surface area contributed by atoms with Crippen molar-refractivity contribution >= 4 is 0 Å². The van der Waals surface area contributed by atoms with Crippen LogP contribution in [-0.4, -0.2) is 16.3 Å². The van der Waals surface area contributed by atoms with E-state index in [0.717, 1.165) is 11.5 Å². The minimum atomic E-state index is 0.0358. The van der Waals surface area contributed by atoms with Crippen molar-refractivity contribution in [3.8, 4) is 11.5 Å². The van der Waals surface area contributed by atoms with Crippen LogP contribution in [0, 0.1) is 17.8 Å². The minimum absolute atomic E-state index is 0.0358. The van der Waals surface area contributed by atoms with Crippen LogP contribution < -0.4 is 5.32 Å². The lowest BCUT2D eigenvalue weighted by Crippen LogP contribution is -2.43. The first-order valence-electron chi connectivity index (χ1n) is 8.16. The standard InChI is InChI=1S/C18H29NO2/c1-11(2)15-7-5-12(3)9-17(15)19-13(4)16-10-14(20)6-8-18(16)21/h6,8,10-13,15,17,19-21H,5,7,9H2,1-4H3. The third-order valence-electron chi connectivity index (χ3n) is 4.96. The van der Waals surface area contributed by atoms with Gasteiger partial charge in [0, 0.05) is 17.6 Å². The van der Waals surface area contributed by atoms with Crippen molar-refractivity contribution in [1.82, 2.24) is 5.32 Å². The first kappa shape index (κ1) is 16.2. The van der Waals surface area contributed by atoms with Crippen LogP contribution in [-0.2, 0) is 0 Å². The zero-order valence-electron chi connectivity index (χ0n) is 13.6. The highest BCUT2D eigenvalue weighted by molar-refractivity contribution is 5.40. The van der Waals surface area contributed by atoms with E-state index in [-0.39, 0.29) is 17.5 Å². The fraction of sp³-hybridized carbons (Fsp3) is 0.667. The van der Waals surface area contributed by atoms with Gasteiger partial charge in [-0.1, -0.05) is 27.2 Å². The Kier molecular flexibility index (Phi) is 5.15. The second-order valence-corrected chi connectivity index (χ2v) is 7.06. The normalized spacial score (nSPS) is 27.8. The van der Waals surface area contributed by atoms with Gasteiger partial charge >= 0.3 is 0 Å². The van der Waals surface area contributed by atoms with E-state index >= 15 is 0 Å². The van der Waals surface area contributed by atoms with Crippen molar-refractivity contribution in [2.24, 2.45) is 17.8 Å². The molecule has 4 unspecified atom stereocenters. The van der Waals surface area contributed by atoms with Gasteiger partial charge in [0.2, 0.25) is 0 Å². The molecule has 1 aromatic carbocycles. The van der Waals surface area contributed by atoms with Crippen molar-refractivity contribution in [3.63, 3.8) is 0 Å². The third kappa shape index (κ3) is 3.91. The predicted molar refractivity (Wildman–Crippen MR) is 86.5 cm³/mol. The lowest BCUT2D eigenvalue weighted by Gasteiger charge is -2.39. The van der Waals surface area contributed by atoms with Crippen LogP contribution in [0.25, 0.3) is 0 Å².